The molecule has 0 amide bonds. The maximum Gasteiger partial charge on any atom is 0.159 e. The molecule has 0 saturated carbocycles. The maximum absolute atomic E-state index is 6.13. The van der Waals surface area contributed by atoms with E-state index in [0.717, 1.165) is 9.89 Å². The minimum Gasteiger partial charge on any atom is -0.378 e. The molecule has 0 aromatic heterocycles. The third-order valence-electron chi connectivity index (χ3n) is 3.91. The second-order valence-electron chi connectivity index (χ2n) is 5.37. The molecule has 0 radical (unpaired) electrons. The van der Waals surface area contributed by atoms with Gasteiger partial charge in [-0.1, -0.05) is 96.4 Å². The molecule has 5 heteroatoms. The quantitative estimate of drug-likeness (QED) is 0.782. The molecular weight excluding hydrogens is 340 g/mol. The molecule has 2 N–H and O–H groups in total. The highest BCUT2D eigenvalue weighted by Crippen LogP contribution is 2.55. The van der Waals surface area contributed by atoms with Crippen molar-refractivity contribution in [1.82, 2.24) is 0 Å². The zero-order chi connectivity index (χ0) is 15.8. The summed E-state index contributed by atoms with van der Waals surface area (Å²) in [5, 5.41) is 0.796. The zero-order valence-electron chi connectivity index (χ0n) is 12.2. The van der Waals surface area contributed by atoms with Crippen LogP contribution in [-0.2, 0) is 0 Å². The van der Waals surface area contributed by atoms with Crippen LogP contribution >= 0.6 is 35.7 Å². The van der Waals surface area contributed by atoms with Crippen LogP contribution in [0, 0.1) is 0 Å². The number of amidine groups is 1. The third-order valence-corrected chi connectivity index (χ3v) is 6.73. The van der Waals surface area contributed by atoms with Gasteiger partial charge >= 0.3 is 0 Å². The minimum atomic E-state index is 0.0527. The van der Waals surface area contributed by atoms with Crippen molar-refractivity contribution in [3.05, 3.63) is 82.4 Å². The van der Waals surface area contributed by atoms with Gasteiger partial charge in [0.2, 0.25) is 0 Å². The number of nitrogens with two attached hydrogens (primary N) is 1. The number of hydrogen-bond acceptors (Lipinski definition) is 5. The molecule has 2 aliphatic rings. The second kappa shape index (κ2) is 6.15. The lowest BCUT2D eigenvalue weighted by Gasteiger charge is -2.22. The molecule has 2 aliphatic heterocycles. The van der Waals surface area contributed by atoms with Gasteiger partial charge in [0.15, 0.2) is 5.17 Å². The van der Waals surface area contributed by atoms with Crippen molar-refractivity contribution in [2.45, 2.75) is 11.2 Å². The van der Waals surface area contributed by atoms with Gasteiger partial charge in [-0.3, -0.25) is 0 Å². The summed E-state index contributed by atoms with van der Waals surface area (Å²) in [5.74, 6) is 0.0527. The van der Waals surface area contributed by atoms with Crippen LogP contribution in [0.15, 0.2) is 76.3 Å². The number of aliphatic imine (C=N–C) groups is 1. The first kappa shape index (κ1) is 15.0. The van der Waals surface area contributed by atoms with Gasteiger partial charge in [0.1, 0.15) is 0 Å². The summed E-state index contributed by atoms with van der Waals surface area (Å²) in [6.45, 7) is 0. The molecule has 114 valence electrons. The second-order valence-corrected chi connectivity index (χ2v) is 8.28. The van der Waals surface area contributed by atoms with Crippen molar-refractivity contribution in [1.29, 1.82) is 0 Å². The van der Waals surface area contributed by atoms with E-state index in [-0.39, 0.29) is 11.2 Å². The summed E-state index contributed by atoms with van der Waals surface area (Å²) < 4.78 is 0.959. The summed E-state index contributed by atoms with van der Waals surface area (Å²) in [5.41, 5.74) is 9.58. The highest BCUT2D eigenvalue weighted by Gasteiger charge is 2.39. The average molecular weight is 355 g/mol. The first-order valence-corrected chi connectivity index (χ1v) is 9.41. The van der Waals surface area contributed by atoms with E-state index in [1.165, 1.54) is 16.0 Å². The van der Waals surface area contributed by atoms with Crippen LogP contribution in [0.2, 0.25) is 0 Å². The summed E-state index contributed by atoms with van der Waals surface area (Å²) >= 11 is 8.97. The number of thioether (sulfide) groups is 2. The van der Waals surface area contributed by atoms with E-state index in [1.807, 2.05) is 24.3 Å². The standard InChI is InChI=1S/C18H14N2S3/c19-18-20-14-13(11-7-3-1-4-8-11)17(21)22-16(14)15(23-18)12-9-5-2-6-10-12/h1-10,13,15H,(H2,19,20). The lowest BCUT2D eigenvalue weighted by molar-refractivity contribution is 1.01. The number of rotatable bonds is 2. The van der Waals surface area contributed by atoms with Gasteiger partial charge in [-0.2, -0.15) is 0 Å². The molecule has 0 bridgehead atoms. The Morgan fingerprint density at radius 3 is 2.17 bits per heavy atom. The van der Waals surface area contributed by atoms with E-state index in [2.05, 4.69) is 41.4 Å². The maximum atomic E-state index is 6.13. The van der Waals surface area contributed by atoms with Crippen LogP contribution in [0.4, 0.5) is 0 Å². The van der Waals surface area contributed by atoms with E-state index in [0.29, 0.717) is 5.17 Å². The Balaban J connectivity index is 1.81. The van der Waals surface area contributed by atoms with Crippen molar-refractivity contribution >= 4 is 45.1 Å². The smallest absolute Gasteiger partial charge is 0.159 e. The molecule has 23 heavy (non-hydrogen) atoms. The molecule has 2 atom stereocenters. The first-order valence-electron chi connectivity index (χ1n) is 7.30. The van der Waals surface area contributed by atoms with Gasteiger partial charge in [0, 0.05) is 4.91 Å². The Bertz CT molecular complexity index is 813. The molecular formula is C18H14N2S3. The van der Waals surface area contributed by atoms with Crippen LogP contribution in [0.1, 0.15) is 22.3 Å². The molecule has 0 fully saturated rings. The molecule has 0 aliphatic carbocycles. The van der Waals surface area contributed by atoms with E-state index < -0.39 is 0 Å². The molecule has 0 saturated heterocycles. The number of thiocarbonyl (C=S) groups is 1. The first-order chi connectivity index (χ1) is 11.2. The van der Waals surface area contributed by atoms with Crippen molar-refractivity contribution in [2.75, 3.05) is 0 Å². The van der Waals surface area contributed by atoms with Crippen LogP contribution < -0.4 is 5.73 Å². The molecule has 2 heterocycles. The molecule has 2 unspecified atom stereocenters. The predicted molar refractivity (Wildman–Crippen MR) is 105 cm³/mol. The fourth-order valence-corrected chi connectivity index (χ4v) is 5.70. The van der Waals surface area contributed by atoms with Gasteiger partial charge in [-0.05, 0) is 11.1 Å². The zero-order valence-corrected chi connectivity index (χ0v) is 14.6. The van der Waals surface area contributed by atoms with Crippen LogP contribution in [0.3, 0.4) is 0 Å². The van der Waals surface area contributed by atoms with Crippen molar-refractivity contribution in [3.8, 4) is 0 Å². The molecule has 0 spiro atoms. The molecule has 2 aromatic carbocycles. The number of allylic oxidation sites excluding steroid dienone is 1. The van der Waals surface area contributed by atoms with Crippen LogP contribution in [0.25, 0.3) is 0 Å². The number of hydrogen-bond donors (Lipinski definition) is 1. The minimum absolute atomic E-state index is 0.0527. The van der Waals surface area contributed by atoms with Gasteiger partial charge in [-0.25, -0.2) is 4.99 Å². The topological polar surface area (TPSA) is 38.4 Å². The largest absolute Gasteiger partial charge is 0.378 e. The number of benzene rings is 2. The van der Waals surface area contributed by atoms with E-state index in [1.54, 1.807) is 23.5 Å². The fraction of sp³-hybridized carbons (Fsp3) is 0.111. The lowest BCUT2D eigenvalue weighted by Crippen LogP contribution is -2.16. The van der Waals surface area contributed by atoms with Gasteiger partial charge < -0.3 is 5.73 Å². The summed E-state index contributed by atoms with van der Waals surface area (Å²) in [6.07, 6.45) is 0. The Morgan fingerprint density at radius 2 is 1.52 bits per heavy atom. The third kappa shape index (κ3) is 2.73. The molecule has 2 nitrogen and oxygen atoms in total. The summed E-state index contributed by atoms with van der Waals surface area (Å²) in [6, 6.07) is 20.8. The Morgan fingerprint density at radius 1 is 0.913 bits per heavy atom. The highest BCUT2D eigenvalue weighted by atomic mass is 32.2. The van der Waals surface area contributed by atoms with E-state index in [9.17, 15) is 0 Å². The van der Waals surface area contributed by atoms with E-state index in [4.69, 9.17) is 18.0 Å². The SMILES string of the molecule is NC1=NC2=C(SC(=S)C2c2ccccc2)C(c2ccccc2)S1. The normalized spacial score (nSPS) is 23.7. The van der Waals surface area contributed by atoms with Gasteiger partial charge in [0.25, 0.3) is 0 Å². The van der Waals surface area contributed by atoms with Crippen LogP contribution in [0.5, 0.6) is 0 Å². The lowest BCUT2D eigenvalue weighted by atomic mass is 9.96. The molecule has 4 rings (SSSR count). The summed E-state index contributed by atoms with van der Waals surface area (Å²) in [7, 11) is 0. The Labute approximate surface area is 149 Å². The Kier molecular flexibility index (Phi) is 4.01. The van der Waals surface area contributed by atoms with Gasteiger partial charge in [-0.15, -0.1) is 0 Å². The van der Waals surface area contributed by atoms with Crippen molar-refractivity contribution in [3.63, 3.8) is 0 Å². The van der Waals surface area contributed by atoms with E-state index >= 15 is 0 Å². The summed E-state index contributed by atoms with van der Waals surface area (Å²) in [4.78, 5) is 5.89. The molecule has 2 aromatic rings. The number of nitrogens with zero attached hydrogens (tertiary/aromatic N) is 1. The van der Waals surface area contributed by atoms with Crippen molar-refractivity contribution in [2.24, 2.45) is 10.7 Å². The van der Waals surface area contributed by atoms with Crippen LogP contribution in [-0.4, -0.2) is 9.36 Å². The highest BCUT2D eigenvalue weighted by molar-refractivity contribution is 8.27. The van der Waals surface area contributed by atoms with Crippen molar-refractivity contribution < 1.29 is 0 Å². The van der Waals surface area contributed by atoms with Gasteiger partial charge in [0.05, 0.1) is 21.1 Å². The predicted octanol–water partition coefficient (Wildman–Crippen LogP) is 4.86. The average Bonchev–Trinajstić information content (AvgIpc) is 2.91. The monoisotopic (exact) mass is 354 g/mol. The fourth-order valence-electron chi connectivity index (χ4n) is 2.89. The Hall–Kier alpha value is -1.56.